The maximum Gasteiger partial charge on any atom is 0.376 e. The Morgan fingerprint density at radius 2 is 2.26 bits per heavy atom. The second-order valence-electron chi connectivity index (χ2n) is 3.69. The number of hydrogen-bond acceptors (Lipinski definition) is 5. The number of oxazole rings is 1. The van der Waals surface area contributed by atoms with Gasteiger partial charge in [0.2, 0.25) is 5.76 Å². The van der Waals surface area contributed by atoms with E-state index in [2.05, 4.69) is 9.72 Å². The first-order valence-electron chi connectivity index (χ1n) is 5.55. The number of carbonyl (C=O) groups excluding carboxylic acids is 1. The normalized spacial score (nSPS) is 11.0. The van der Waals surface area contributed by atoms with Gasteiger partial charge >= 0.3 is 5.97 Å². The maximum absolute atomic E-state index is 12.8. The van der Waals surface area contributed by atoms with E-state index in [1.165, 1.54) is 6.26 Å². The van der Waals surface area contributed by atoms with Crippen LogP contribution in [-0.4, -0.2) is 17.6 Å². The first kappa shape index (κ1) is 13.3. The number of halogens is 2. The SMILES string of the molecule is CCOC(=O)c1oc(-c2occc2C)nc1C(F)F. The van der Waals surface area contributed by atoms with Gasteiger partial charge < -0.3 is 13.6 Å². The maximum atomic E-state index is 12.8. The van der Waals surface area contributed by atoms with Crippen molar-refractivity contribution in [3.05, 3.63) is 29.3 Å². The van der Waals surface area contributed by atoms with Gasteiger partial charge in [-0.15, -0.1) is 0 Å². The lowest BCUT2D eigenvalue weighted by molar-refractivity contribution is 0.0476. The summed E-state index contributed by atoms with van der Waals surface area (Å²) in [6.07, 6.45) is -1.56. The zero-order chi connectivity index (χ0) is 14.0. The predicted molar refractivity (Wildman–Crippen MR) is 59.9 cm³/mol. The molecule has 0 aromatic carbocycles. The van der Waals surface area contributed by atoms with Crippen molar-refractivity contribution < 1.29 is 27.1 Å². The van der Waals surface area contributed by atoms with Gasteiger partial charge in [0.25, 0.3) is 12.3 Å². The summed E-state index contributed by atoms with van der Waals surface area (Å²) < 4.78 is 40.4. The quantitative estimate of drug-likeness (QED) is 0.798. The molecule has 0 aliphatic rings. The van der Waals surface area contributed by atoms with Crippen LogP contribution in [0, 0.1) is 6.92 Å². The minimum atomic E-state index is -2.94. The number of aryl methyl sites for hydroxylation is 1. The van der Waals surface area contributed by atoms with Crippen LogP contribution < -0.4 is 0 Å². The highest BCUT2D eigenvalue weighted by molar-refractivity contribution is 5.88. The molecule has 0 atom stereocenters. The number of esters is 1. The average Bonchev–Trinajstić information content (AvgIpc) is 2.94. The molecule has 0 saturated carbocycles. The Hall–Kier alpha value is -2.18. The minimum absolute atomic E-state index is 0.0529. The zero-order valence-corrected chi connectivity index (χ0v) is 10.3. The molecule has 2 aromatic rings. The lowest BCUT2D eigenvalue weighted by atomic mass is 10.3. The molecule has 19 heavy (non-hydrogen) atoms. The highest BCUT2D eigenvalue weighted by atomic mass is 19.3. The van der Waals surface area contributed by atoms with Crippen molar-refractivity contribution in [1.29, 1.82) is 0 Å². The van der Waals surface area contributed by atoms with Gasteiger partial charge in [-0.1, -0.05) is 0 Å². The van der Waals surface area contributed by atoms with Crippen LogP contribution in [-0.2, 0) is 4.74 Å². The number of nitrogens with zero attached hydrogens (tertiary/aromatic N) is 1. The molecule has 0 fully saturated rings. The smallest absolute Gasteiger partial charge is 0.376 e. The lowest BCUT2D eigenvalue weighted by Crippen LogP contribution is -2.06. The predicted octanol–water partition coefficient (Wildman–Crippen LogP) is 3.36. The van der Waals surface area contributed by atoms with Crippen LogP contribution in [0.1, 0.15) is 35.2 Å². The Kier molecular flexibility index (Phi) is 3.64. The molecule has 2 rings (SSSR count). The van der Waals surface area contributed by atoms with Crippen molar-refractivity contribution in [2.75, 3.05) is 6.61 Å². The van der Waals surface area contributed by atoms with E-state index in [1.807, 2.05) is 0 Å². The third-order valence-corrected chi connectivity index (χ3v) is 2.38. The summed E-state index contributed by atoms with van der Waals surface area (Å²) in [6.45, 7) is 3.32. The summed E-state index contributed by atoms with van der Waals surface area (Å²) in [6, 6.07) is 1.63. The average molecular weight is 271 g/mol. The number of alkyl halides is 2. The van der Waals surface area contributed by atoms with E-state index in [0.717, 1.165) is 0 Å². The van der Waals surface area contributed by atoms with Crippen LogP contribution >= 0.6 is 0 Å². The summed E-state index contributed by atoms with van der Waals surface area (Å²) in [5, 5.41) is 0. The number of carbonyl (C=O) groups is 1. The molecular formula is C12H11F2NO4. The van der Waals surface area contributed by atoms with E-state index < -0.39 is 23.8 Å². The molecule has 0 amide bonds. The van der Waals surface area contributed by atoms with Gasteiger partial charge in [-0.3, -0.25) is 0 Å². The first-order valence-corrected chi connectivity index (χ1v) is 5.55. The summed E-state index contributed by atoms with van der Waals surface area (Å²) in [5.41, 5.74) is -0.0817. The van der Waals surface area contributed by atoms with E-state index in [4.69, 9.17) is 8.83 Å². The number of ether oxygens (including phenoxy) is 1. The minimum Gasteiger partial charge on any atom is -0.460 e. The van der Waals surface area contributed by atoms with Gasteiger partial charge in [-0.2, -0.15) is 0 Å². The van der Waals surface area contributed by atoms with Crippen LogP contribution in [0.15, 0.2) is 21.2 Å². The lowest BCUT2D eigenvalue weighted by Gasteiger charge is -1.99. The van der Waals surface area contributed by atoms with E-state index in [-0.39, 0.29) is 18.3 Å². The van der Waals surface area contributed by atoms with E-state index in [9.17, 15) is 13.6 Å². The molecule has 0 saturated heterocycles. The summed E-state index contributed by atoms with van der Waals surface area (Å²) in [4.78, 5) is 15.1. The van der Waals surface area contributed by atoms with Gasteiger partial charge in [-0.05, 0) is 19.9 Å². The molecular weight excluding hydrogens is 260 g/mol. The van der Waals surface area contributed by atoms with Crippen molar-refractivity contribution >= 4 is 5.97 Å². The third-order valence-electron chi connectivity index (χ3n) is 2.38. The third kappa shape index (κ3) is 2.49. The fourth-order valence-electron chi connectivity index (χ4n) is 1.51. The Bertz CT molecular complexity index is 588. The van der Waals surface area contributed by atoms with Crippen LogP contribution in [0.4, 0.5) is 8.78 Å². The van der Waals surface area contributed by atoms with Crippen molar-refractivity contribution in [2.24, 2.45) is 0 Å². The van der Waals surface area contributed by atoms with Crippen LogP contribution in [0.3, 0.4) is 0 Å². The van der Waals surface area contributed by atoms with Gasteiger partial charge in [-0.25, -0.2) is 18.6 Å². The van der Waals surface area contributed by atoms with Crippen molar-refractivity contribution in [1.82, 2.24) is 4.98 Å². The molecule has 0 unspecified atom stereocenters. The Labute approximate surface area is 107 Å². The summed E-state index contributed by atoms with van der Waals surface area (Å²) >= 11 is 0. The van der Waals surface area contributed by atoms with Gasteiger partial charge in [0, 0.05) is 5.56 Å². The van der Waals surface area contributed by atoms with E-state index in [1.54, 1.807) is 19.9 Å². The Morgan fingerprint density at radius 1 is 1.53 bits per heavy atom. The Morgan fingerprint density at radius 3 is 2.79 bits per heavy atom. The molecule has 5 nitrogen and oxygen atoms in total. The topological polar surface area (TPSA) is 65.5 Å². The molecule has 0 N–H and O–H groups in total. The summed E-state index contributed by atoms with van der Waals surface area (Å²) in [5.74, 6) is -1.53. The van der Waals surface area contributed by atoms with Crippen LogP contribution in [0.5, 0.6) is 0 Å². The standard InChI is InChI=1S/C12H11F2NO4/c1-3-17-12(16)9-7(10(13)14)15-11(19-9)8-6(2)4-5-18-8/h4-5,10H,3H2,1-2H3. The van der Waals surface area contributed by atoms with Gasteiger partial charge in [0.1, 0.15) is 0 Å². The summed E-state index contributed by atoms with van der Waals surface area (Å²) in [7, 11) is 0. The number of hydrogen-bond donors (Lipinski definition) is 0. The second-order valence-corrected chi connectivity index (χ2v) is 3.69. The van der Waals surface area contributed by atoms with Crippen molar-refractivity contribution in [3.8, 4) is 11.7 Å². The fourth-order valence-corrected chi connectivity index (χ4v) is 1.51. The number of rotatable bonds is 4. The van der Waals surface area contributed by atoms with Crippen molar-refractivity contribution in [3.63, 3.8) is 0 Å². The fraction of sp³-hybridized carbons (Fsp3) is 0.333. The molecule has 2 aromatic heterocycles. The highest BCUT2D eigenvalue weighted by Crippen LogP contribution is 2.30. The molecule has 7 heteroatoms. The van der Waals surface area contributed by atoms with Crippen molar-refractivity contribution in [2.45, 2.75) is 20.3 Å². The van der Waals surface area contributed by atoms with Gasteiger partial charge in [0.05, 0.1) is 12.9 Å². The van der Waals surface area contributed by atoms with Crippen LogP contribution in [0.25, 0.3) is 11.7 Å². The van der Waals surface area contributed by atoms with E-state index >= 15 is 0 Å². The van der Waals surface area contributed by atoms with E-state index in [0.29, 0.717) is 5.56 Å². The molecule has 0 radical (unpaired) electrons. The van der Waals surface area contributed by atoms with Crippen LogP contribution in [0.2, 0.25) is 0 Å². The Balaban J connectivity index is 2.46. The molecule has 0 bridgehead atoms. The number of furan rings is 1. The molecule has 0 spiro atoms. The second kappa shape index (κ2) is 5.21. The molecule has 2 heterocycles. The molecule has 0 aliphatic heterocycles. The highest BCUT2D eigenvalue weighted by Gasteiger charge is 2.29. The zero-order valence-electron chi connectivity index (χ0n) is 10.3. The monoisotopic (exact) mass is 271 g/mol. The first-order chi connectivity index (χ1) is 9.04. The largest absolute Gasteiger partial charge is 0.460 e. The van der Waals surface area contributed by atoms with Gasteiger partial charge in [0.15, 0.2) is 11.5 Å². The molecule has 0 aliphatic carbocycles. The number of aromatic nitrogens is 1. The molecule has 102 valence electrons.